The first-order valence-electron chi connectivity index (χ1n) is 16.3. The third kappa shape index (κ3) is 6.84. The molecule has 2 amide bonds. The maximum absolute atomic E-state index is 13.6. The summed E-state index contributed by atoms with van der Waals surface area (Å²) in [7, 11) is 0. The Morgan fingerprint density at radius 3 is 2.73 bits per heavy atom. The molecule has 236 valence electrons. The monoisotopic (exact) mass is 619 g/mol. The van der Waals surface area contributed by atoms with Gasteiger partial charge in [-0.05, 0) is 75.0 Å². The number of hydrogen-bond donors (Lipinski definition) is 2. The van der Waals surface area contributed by atoms with Crippen LogP contribution in [0.2, 0.25) is 5.02 Å². The first-order valence-corrected chi connectivity index (χ1v) is 16.7. The summed E-state index contributed by atoms with van der Waals surface area (Å²) < 4.78 is 0. The number of amidine groups is 1. The molecule has 9 nitrogen and oxygen atoms in total. The molecule has 2 saturated heterocycles. The summed E-state index contributed by atoms with van der Waals surface area (Å²) in [6.45, 7) is 9.70. The Balaban J connectivity index is 0.965. The molecule has 6 rings (SSSR count). The standard InChI is InChI=1S/C34H46ClN7O2/c1-24-7-5-8-28(21-24)40-20-19-39(22-25(40)2)18-6-17-36-32(43)16-15-31-37-38-34-41(23-26-11-13-27(35)14-12-26)33(44)29-9-3-4-10-30(29)42(31)34/h5,7-8,11-14,21,25,29-30,34,38H,3-4,6,9-10,15-20,22-23H2,1-2H3,(H,36,43). The number of fused-ring (bicyclic) bond motifs is 3. The maximum atomic E-state index is 13.6. The van der Waals surface area contributed by atoms with Crippen LogP contribution >= 0.6 is 11.6 Å². The van der Waals surface area contributed by atoms with Crippen LogP contribution in [0.15, 0.2) is 53.6 Å². The third-order valence-electron chi connectivity index (χ3n) is 9.71. The highest BCUT2D eigenvalue weighted by molar-refractivity contribution is 6.30. The van der Waals surface area contributed by atoms with Crippen LogP contribution in [0.1, 0.15) is 63.0 Å². The molecule has 2 aromatic carbocycles. The molecular formula is C34H46ClN7O2. The lowest BCUT2D eigenvalue weighted by Gasteiger charge is -2.50. The lowest BCUT2D eigenvalue weighted by molar-refractivity contribution is -0.156. The molecule has 10 heteroatoms. The van der Waals surface area contributed by atoms with E-state index in [2.05, 4.69) is 68.7 Å². The number of anilines is 1. The van der Waals surface area contributed by atoms with Crippen molar-refractivity contribution in [3.8, 4) is 0 Å². The fraction of sp³-hybridized carbons (Fsp3) is 0.559. The zero-order valence-corrected chi connectivity index (χ0v) is 26.8. The topological polar surface area (TPSA) is 83.5 Å². The number of carbonyl (C=O) groups excluding carboxylic acids is 2. The van der Waals surface area contributed by atoms with Gasteiger partial charge >= 0.3 is 0 Å². The number of amides is 2. The summed E-state index contributed by atoms with van der Waals surface area (Å²) in [5.41, 5.74) is 6.88. The van der Waals surface area contributed by atoms with Gasteiger partial charge in [-0.2, -0.15) is 5.10 Å². The second-order valence-electron chi connectivity index (χ2n) is 12.9. The summed E-state index contributed by atoms with van der Waals surface area (Å²) in [5, 5.41) is 8.48. The minimum absolute atomic E-state index is 0.0346. The highest BCUT2D eigenvalue weighted by Crippen LogP contribution is 2.38. The predicted molar refractivity (Wildman–Crippen MR) is 175 cm³/mol. The van der Waals surface area contributed by atoms with Gasteiger partial charge in [-0.15, -0.1) is 0 Å². The van der Waals surface area contributed by atoms with Gasteiger partial charge in [0, 0.05) is 68.4 Å². The molecule has 4 atom stereocenters. The molecule has 2 N–H and O–H groups in total. The number of nitrogens with zero attached hydrogens (tertiary/aromatic N) is 5. The van der Waals surface area contributed by atoms with Crippen LogP contribution in [0.4, 0.5) is 5.69 Å². The van der Waals surface area contributed by atoms with Gasteiger partial charge in [0.1, 0.15) is 5.84 Å². The summed E-state index contributed by atoms with van der Waals surface area (Å²) in [5.74, 6) is 1.10. The Bertz CT molecular complexity index is 1350. The Labute approximate surface area is 266 Å². The fourth-order valence-corrected chi connectivity index (χ4v) is 7.58. The van der Waals surface area contributed by atoms with Crippen molar-refractivity contribution in [3.63, 3.8) is 0 Å². The van der Waals surface area contributed by atoms with Crippen molar-refractivity contribution in [2.75, 3.05) is 37.6 Å². The van der Waals surface area contributed by atoms with Crippen molar-refractivity contribution in [1.82, 2.24) is 25.4 Å². The van der Waals surface area contributed by atoms with Crippen LogP contribution in [0.3, 0.4) is 0 Å². The highest BCUT2D eigenvalue weighted by Gasteiger charge is 2.50. The fourth-order valence-electron chi connectivity index (χ4n) is 7.46. The van der Waals surface area contributed by atoms with Crippen LogP contribution < -0.4 is 15.6 Å². The molecule has 1 aliphatic carbocycles. The van der Waals surface area contributed by atoms with Crippen molar-refractivity contribution >= 4 is 34.9 Å². The van der Waals surface area contributed by atoms with E-state index in [0.29, 0.717) is 37.0 Å². The van der Waals surface area contributed by atoms with Gasteiger partial charge in [-0.3, -0.25) is 24.8 Å². The van der Waals surface area contributed by atoms with E-state index in [1.807, 2.05) is 29.2 Å². The lowest BCUT2D eigenvalue weighted by Crippen LogP contribution is -2.67. The van der Waals surface area contributed by atoms with E-state index in [4.69, 9.17) is 11.6 Å². The molecule has 1 saturated carbocycles. The van der Waals surface area contributed by atoms with Crippen molar-refractivity contribution < 1.29 is 9.59 Å². The number of aryl methyl sites for hydroxylation is 1. The molecule has 0 spiro atoms. The Kier molecular flexibility index (Phi) is 9.62. The van der Waals surface area contributed by atoms with Crippen LogP contribution in [-0.4, -0.2) is 83.4 Å². The molecule has 2 aromatic rings. The van der Waals surface area contributed by atoms with E-state index in [9.17, 15) is 9.59 Å². The Morgan fingerprint density at radius 1 is 1.11 bits per heavy atom. The molecular weight excluding hydrogens is 574 g/mol. The van der Waals surface area contributed by atoms with E-state index >= 15 is 0 Å². The summed E-state index contributed by atoms with van der Waals surface area (Å²) in [6.07, 6.45) is 5.63. The molecule has 0 bridgehead atoms. The van der Waals surface area contributed by atoms with Gasteiger partial charge in [0.2, 0.25) is 11.8 Å². The predicted octanol–water partition coefficient (Wildman–Crippen LogP) is 4.55. The molecule has 44 heavy (non-hydrogen) atoms. The first kappa shape index (κ1) is 30.7. The minimum Gasteiger partial charge on any atom is -0.366 e. The zero-order valence-electron chi connectivity index (χ0n) is 26.1. The van der Waals surface area contributed by atoms with Crippen LogP contribution in [0, 0.1) is 12.8 Å². The molecule has 0 aromatic heterocycles. The van der Waals surface area contributed by atoms with Crippen LogP contribution in [0.5, 0.6) is 0 Å². The average molecular weight is 620 g/mol. The van der Waals surface area contributed by atoms with Crippen LogP contribution in [0.25, 0.3) is 0 Å². The number of hydrogen-bond acceptors (Lipinski definition) is 7. The van der Waals surface area contributed by atoms with Gasteiger partial charge in [-0.1, -0.05) is 48.7 Å². The van der Waals surface area contributed by atoms with Crippen LogP contribution in [-0.2, 0) is 16.1 Å². The molecule has 0 radical (unpaired) electrons. The molecule has 3 aliphatic heterocycles. The van der Waals surface area contributed by atoms with Gasteiger partial charge in [0.05, 0.1) is 5.92 Å². The smallest absolute Gasteiger partial charge is 0.231 e. The Morgan fingerprint density at radius 2 is 1.93 bits per heavy atom. The number of carbonyl (C=O) groups is 2. The summed E-state index contributed by atoms with van der Waals surface area (Å²) in [6, 6.07) is 17.0. The second kappa shape index (κ2) is 13.8. The maximum Gasteiger partial charge on any atom is 0.231 e. The minimum atomic E-state index is -0.315. The number of rotatable bonds is 10. The highest BCUT2D eigenvalue weighted by atomic mass is 35.5. The van der Waals surface area contributed by atoms with E-state index in [1.54, 1.807) is 0 Å². The van der Waals surface area contributed by atoms with E-state index < -0.39 is 0 Å². The number of benzene rings is 2. The van der Waals surface area contributed by atoms with E-state index in [-0.39, 0.29) is 30.1 Å². The van der Waals surface area contributed by atoms with Crippen molar-refractivity contribution in [1.29, 1.82) is 0 Å². The SMILES string of the molecule is Cc1cccc(N2CCN(CCCNC(=O)CCC3=NNC4N(Cc5ccc(Cl)cc5)C(=O)C5CCCCC5N34)CC2C)c1. The van der Waals surface area contributed by atoms with Gasteiger partial charge in [-0.25, -0.2) is 0 Å². The normalized spacial score (nSPS) is 25.3. The van der Waals surface area contributed by atoms with Gasteiger partial charge in [0.15, 0.2) is 6.29 Å². The Hall–Kier alpha value is -3.30. The lowest BCUT2D eigenvalue weighted by atomic mass is 9.80. The number of nitrogens with one attached hydrogen (secondary N) is 2. The third-order valence-corrected chi connectivity index (χ3v) is 9.96. The molecule has 4 aliphatic rings. The van der Waals surface area contributed by atoms with Gasteiger partial charge < -0.3 is 15.1 Å². The summed E-state index contributed by atoms with van der Waals surface area (Å²) in [4.78, 5) is 35.7. The quantitative estimate of drug-likeness (QED) is 0.380. The first-order chi connectivity index (χ1) is 21.4. The summed E-state index contributed by atoms with van der Waals surface area (Å²) >= 11 is 6.10. The van der Waals surface area contributed by atoms with Crippen molar-refractivity contribution in [2.24, 2.45) is 11.0 Å². The number of halogens is 1. The van der Waals surface area contributed by atoms with E-state index in [1.165, 1.54) is 11.3 Å². The zero-order chi connectivity index (χ0) is 30.6. The average Bonchev–Trinajstić information content (AvgIpc) is 3.45. The second-order valence-corrected chi connectivity index (χ2v) is 13.3. The molecule has 3 fully saturated rings. The molecule has 3 heterocycles. The molecule has 4 unspecified atom stereocenters. The van der Waals surface area contributed by atoms with Crippen molar-refractivity contribution in [3.05, 3.63) is 64.7 Å². The van der Waals surface area contributed by atoms with Gasteiger partial charge in [0.25, 0.3) is 0 Å². The van der Waals surface area contributed by atoms with Crippen molar-refractivity contribution in [2.45, 2.75) is 83.7 Å². The number of hydrazone groups is 1. The largest absolute Gasteiger partial charge is 0.366 e. The van der Waals surface area contributed by atoms with E-state index in [0.717, 1.165) is 69.7 Å². The number of piperazine rings is 1.